The van der Waals surface area contributed by atoms with Crippen LogP contribution in [-0.2, 0) is 17.1 Å². The van der Waals surface area contributed by atoms with E-state index in [0.717, 1.165) is 6.42 Å². The molecule has 6 nitrogen and oxygen atoms in total. The van der Waals surface area contributed by atoms with Crippen LogP contribution in [-0.4, -0.2) is 30.8 Å². The van der Waals surface area contributed by atoms with Gasteiger partial charge in [0.05, 0.1) is 6.20 Å². The van der Waals surface area contributed by atoms with Gasteiger partial charge in [0.15, 0.2) is 0 Å². The van der Waals surface area contributed by atoms with E-state index in [1.807, 2.05) is 6.92 Å². The first-order chi connectivity index (χ1) is 7.45. The zero-order valence-electron chi connectivity index (χ0n) is 9.55. The van der Waals surface area contributed by atoms with Gasteiger partial charge in [0.25, 0.3) is 0 Å². The van der Waals surface area contributed by atoms with Crippen molar-refractivity contribution in [3.8, 4) is 0 Å². The van der Waals surface area contributed by atoms with Crippen molar-refractivity contribution >= 4 is 10.0 Å². The molecular weight excluding hydrogens is 228 g/mol. The maximum atomic E-state index is 11.7. The molecule has 1 rings (SSSR count). The Morgan fingerprint density at radius 2 is 2.31 bits per heavy atom. The van der Waals surface area contributed by atoms with E-state index in [9.17, 15) is 8.42 Å². The fourth-order valence-corrected chi connectivity index (χ4v) is 2.23. The first-order valence-electron chi connectivity index (χ1n) is 5.19. The molecule has 0 saturated heterocycles. The average Bonchev–Trinajstić information content (AvgIpc) is 2.65. The standard InChI is InChI=1S/C9H18N4O2S/c1-3-8(10)4-5-12-16(14,15)9-6-11-13(2)7-9/h6-8,12H,3-5,10H2,1-2H3. The SMILES string of the molecule is CCC(N)CCNS(=O)(=O)c1cnn(C)c1. The van der Waals surface area contributed by atoms with Gasteiger partial charge in [0, 0.05) is 25.8 Å². The maximum Gasteiger partial charge on any atom is 0.243 e. The largest absolute Gasteiger partial charge is 0.328 e. The molecule has 1 atom stereocenters. The van der Waals surface area contributed by atoms with Crippen molar-refractivity contribution < 1.29 is 8.42 Å². The second-order valence-corrected chi connectivity index (χ2v) is 5.47. The van der Waals surface area contributed by atoms with Gasteiger partial charge in [-0.3, -0.25) is 4.68 Å². The molecule has 0 aliphatic carbocycles. The Kier molecular flexibility index (Phi) is 4.45. The lowest BCUT2D eigenvalue weighted by molar-refractivity contribution is 0.558. The molecule has 1 unspecified atom stereocenters. The van der Waals surface area contributed by atoms with E-state index in [0.29, 0.717) is 13.0 Å². The predicted octanol–water partition coefficient (Wildman–Crippen LogP) is -0.174. The van der Waals surface area contributed by atoms with Crippen LogP contribution in [0.15, 0.2) is 17.3 Å². The molecule has 0 aromatic carbocycles. The summed E-state index contributed by atoms with van der Waals surface area (Å²) < 4.78 is 27.4. The highest BCUT2D eigenvalue weighted by Crippen LogP contribution is 2.05. The highest BCUT2D eigenvalue weighted by atomic mass is 32.2. The van der Waals surface area contributed by atoms with E-state index in [1.54, 1.807) is 7.05 Å². The fourth-order valence-electron chi connectivity index (χ4n) is 1.20. The third-order valence-corrected chi connectivity index (χ3v) is 3.74. The summed E-state index contributed by atoms with van der Waals surface area (Å²) in [5, 5.41) is 3.82. The van der Waals surface area contributed by atoms with Crippen LogP contribution in [0, 0.1) is 0 Å². The minimum atomic E-state index is -3.43. The number of nitrogens with zero attached hydrogens (tertiary/aromatic N) is 2. The van der Waals surface area contributed by atoms with Crippen LogP contribution in [0.1, 0.15) is 19.8 Å². The number of sulfonamides is 1. The summed E-state index contributed by atoms with van der Waals surface area (Å²) in [5.74, 6) is 0. The molecule has 0 saturated carbocycles. The molecule has 92 valence electrons. The van der Waals surface area contributed by atoms with Crippen molar-refractivity contribution in [2.75, 3.05) is 6.54 Å². The van der Waals surface area contributed by atoms with Gasteiger partial charge in [-0.25, -0.2) is 13.1 Å². The lowest BCUT2D eigenvalue weighted by Crippen LogP contribution is -2.30. The lowest BCUT2D eigenvalue weighted by Gasteiger charge is -2.09. The molecular formula is C9H18N4O2S. The summed E-state index contributed by atoms with van der Waals surface area (Å²) in [6.07, 6.45) is 4.26. The molecule has 0 spiro atoms. The molecule has 16 heavy (non-hydrogen) atoms. The molecule has 1 heterocycles. The number of hydrogen-bond donors (Lipinski definition) is 2. The topological polar surface area (TPSA) is 90.0 Å². The molecule has 0 fully saturated rings. The molecule has 0 amide bonds. The number of nitrogens with two attached hydrogens (primary N) is 1. The minimum absolute atomic E-state index is 0.0385. The second-order valence-electron chi connectivity index (χ2n) is 3.70. The zero-order valence-corrected chi connectivity index (χ0v) is 10.4. The summed E-state index contributed by atoms with van der Waals surface area (Å²) >= 11 is 0. The average molecular weight is 246 g/mol. The Labute approximate surface area is 95.9 Å². The van der Waals surface area contributed by atoms with Crippen molar-refractivity contribution in [2.24, 2.45) is 12.8 Å². The third-order valence-electron chi connectivity index (χ3n) is 2.32. The van der Waals surface area contributed by atoms with E-state index in [-0.39, 0.29) is 10.9 Å². The van der Waals surface area contributed by atoms with Gasteiger partial charge in [-0.15, -0.1) is 0 Å². The number of rotatable bonds is 6. The zero-order chi connectivity index (χ0) is 12.2. The van der Waals surface area contributed by atoms with E-state index >= 15 is 0 Å². The monoisotopic (exact) mass is 246 g/mol. The highest BCUT2D eigenvalue weighted by Gasteiger charge is 2.15. The number of hydrogen-bond acceptors (Lipinski definition) is 4. The molecule has 0 aliphatic rings. The quantitative estimate of drug-likeness (QED) is 0.729. The molecule has 0 aliphatic heterocycles. The van der Waals surface area contributed by atoms with E-state index in [1.165, 1.54) is 17.1 Å². The Balaban J connectivity index is 2.53. The van der Waals surface area contributed by atoms with Gasteiger partial charge in [-0.2, -0.15) is 5.10 Å². The number of aromatic nitrogens is 2. The van der Waals surface area contributed by atoms with Crippen LogP contribution in [0.4, 0.5) is 0 Å². The molecule has 0 bridgehead atoms. The number of nitrogens with one attached hydrogen (secondary N) is 1. The van der Waals surface area contributed by atoms with Crippen LogP contribution in [0.25, 0.3) is 0 Å². The number of aryl methyl sites for hydroxylation is 1. The van der Waals surface area contributed by atoms with Crippen LogP contribution < -0.4 is 10.5 Å². The van der Waals surface area contributed by atoms with E-state index < -0.39 is 10.0 Å². The second kappa shape index (κ2) is 5.42. The summed E-state index contributed by atoms with van der Waals surface area (Å²) in [6.45, 7) is 2.33. The smallest absolute Gasteiger partial charge is 0.243 e. The first-order valence-corrected chi connectivity index (χ1v) is 6.68. The molecule has 1 aromatic rings. The third kappa shape index (κ3) is 3.58. The van der Waals surface area contributed by atoms with Gasteiger partial charge in [-0.1, -0.05) is 6.92 Å². The Hall–Kier alpha value is -0.920. The van der Waals surface area contributed by atoms with Crippen molar-refractivity contribution in [3.63, 3.8) is 0 Å². The van der Waals surface area contributed by atoms with Crippen LogP contribution in [0.5, 0.6) is 0 Å². The van der Waals surface area contributed by atoms with Gasteiger partial charge in [0.2, 0.25) is 10.0 Å². The van der Waals surface area contributed by atoms with Crippen molar-refractivity contribution in [1.29, 1.82) is 0 Å². The summed E-state index contributed by atoms with van der Waals surface area (Å²) in [6, 6.07) is 0.0385. The van der Waals surface area contributed by atoms with E-state index in [4.69, 9.17) is 5.73 Å². The lowest BCUT2D eigenvalue weighted by atomic mass is 10.2. The molecule has 1 aromatic heterocycles. The van der Waals surface area contributed by atoms with Gasteiger partial charge in [-0.05, 0) is 12.8 Å². The van der Waals surface area contributed by atoms with Gasteiger partial charge >= 0.3 is 0 Å². The molecule has 0 radical (unpaired) electrons. The van der Waals surface area contributed by atoms with E-state index in [2.05, 4.69) is 9.82 Å². The van der Waals surface area contributed by atoms with Crippen LogP contribution >= 0.6 is 0 Å². The highest BCUT2D eigenvalue weighted by molar-refractivity contribution is 7.89. The van der Waals surface area contributed by atoms with Gasteiger partial charge < -0.3 is 5.73 Å². The minimum Gasteiger partial charge on any atom is -0.328 e. The Morgan fingerprint density at radius 3 is 2.81 bits per heavy atom. The van der Waals surface area contributed by atoms with Crippen molar-refractivity contribution in [1.82, 2.24) is 14.5 Å². The van der Waals surface area contributed by atoms with Gasteiger partial charge in [0.1, 0.15) is 4.90 Å². The fraction of sp³-hybridized carbons (Fsp3) is 0.667. The predicted molar refractivity (Wildman–Crippen MR) is 61.3 cm³/mol. The Bertz CT molecular complexity index is 426. The molecule has 7 heteroatoms. The Morgan fingerprint density at radius 1 is 1.62 bits per heavy atom. The summed E-state index contributed by atoms with van der Waals surface area (Å²) in [7, 11) is -1.76. The summed E-state index contributed by atoms with van der Waals surface area (Å²) in [5.41, 5.74) is 5.69. The van der Waals surface area contributed by atoms with Crippen molar-refractivity contribution in [3.05, 3.63) is 12.4 Å². The van der Waals surface area contributed by atoms with Crippen molar-refractivity contribution in [2.45, 2.75) is 30.7 Å². The van der Waals surface area contributed by atoms with Crippen LogP contribution in [0.2, 0.25) is 0 Å². The normalized spacial score (nSPS) is 13.9. The molecule has 3 N–H and O–H groups in total. The van der Waals surface area contributed by atoms with Crippen LogP contribution in [0.3, 0.4) is 0 Å². The maximum absolute atomic E-state index is 11.7. The summed E-state index contributed by atoms with van der Waals surface area (Å²) in [4.78, 5) is 0.181. The first kappa shape index (κ1) is 13.1.